The second-order valence-corrected chi connectivity index (χ2v) is 19.9. The van der Waals surface area contributed by atoms with E-state index >= 15 is 4.79 Å². The Morgan fingerprint density at radius 2 is 1.76 bits per heavy atom. The van der Waals surface area contributed by atoms with Gasteiger partial charge in [0, 0.05) is 91.2 Å². The summed E-state index contributed by atoms with van der Waals surface area (Å²) in [5.41, 5.74) is 1.42. The zero-order valence-electron chi connectivity index (χ0n) is 37.7. The molecule has 2 N–H and O–H groups in total. The van der Waals surface area contributed by atoms with Crippen molar-refractivity contribution in [3.63, 3.8) is 0 Å². The molecule has 12 atom stereocenters. The molecule has 14 nitrogen and oxygen atoms in total. The second kappa shape index (κ2) is 16.4. The van der Waals surface area contributed by atoms with Gasteiger partial charge in [-0.3, -0.25) is 24.2 Å². The molecule has 4 fully saturated rings. The number of aliphatic hydroxyl groups is 1. The normalized spacial score (nSPS) is 36.6. The number of H-pyrrole nitrogens is 1. The van der Waals surface area contributed by atoms with Gasteiger partial charge in [-0.15, -0.1) is 11.8 Å². The molecule has 1 saturated carbocycles. The molecule has 63 heavy (non-hydrogen) atoms. The summed E-state index contributed by atoms with van der Waals surface area (Å²) in [7, 11) is 7.69. The van der Waals surface area contributed by atoms with Crippen molar-refractivity contribution in [1.29, 1.82) is 0 Å². The number of nitrogens with zero attached hydrogens (tertiary/aromatic N) is 3. The lowest BCUT2D eigenvalue weighted by Gasteiger charge is -2.61. The van der Waals surface area contributed by atoms with E-state index in [1.165, 1.54) is 45.6 Å². The second-order valence-electron chi connectivity index (χ2n) is 18.9. The van der Waals surface area contributed by atoms with Crippen LogP contribution in [0.3, 0.4) is 0 Å². The summed E-state index contributed by atoms with van der Waals surface area (Å²) in [4.78, 5) is 66.7. The van der Waals surface area contributed by atoms with E-state index in [1.54, 1.807) is 7.11 Å². The monoisotopic (exact) mass is 886 g/mol. The number of hydrogen-bond acceptors (Lipinski definition) is 14. The van der Waals surface area contributed by atoms with Crippen LogP contribution in [0.25, 0.3) is 10.9 Å². The number of nitrogens with one attached hydrogen (secondary N) is 1. The zero-order valence-corrected chi connectivity index (χ0v) is 38.5. The summed E-state index contributed by atoms with van der Waals surface area (Å²) in [5.74, 6) is -2.83. The highest BCUT2D eigenvalue weighted by Crippen LogP contribution is 2.68. The summed E-state index contributed by atoms with van der Waals surface area (Å²) >= 11 is 1.41. The van der Waals surface area contributed by atoms with Crippen LogP contribution in [-0.4, -0.2) is 146 Å². The van der Waals surface area contributed by atoms with Crippen LogP contribution in [0.5, 0.6) is 0 Å². The molecule has 5 aliphatic heterocycles. The molecule has 9 rings (SSSR count). The fourth-order valence-electron chi connectivity index (χ4n) is 13.8. The molecule has 1 aromatic carbocycles. The van der Waals surface area contributed by atoms with Crippen molar-refractivity contribution >= 4 is 46.5 Å². The van der Waals surface area contributed by atoms with Crippen LogP contribution in [0.15, 0.2) is 58.2 Å². The van der Waals surface area contributed by atoms with Gasteiger partial charge in [0.2, 0.25) is 5.60 Å². The number of hydrogen-bond donors (Lipinski definition) is 2. The number of piperidine rings is 1. The molecular weight excluding hydrogens is 825 g/mol. The van der Waals surface area contributed by atoms with Crippen LogP contribution in [0.4, 0.5) is 0 Å². The lowest BCUT2D eigenvalue weighted by Crippen LogP contribution is -2.77. The van der Waals surface area contributed by atoms with Gasteiger partial charge in [0.1, 0.15) is 11.5 Å². The molecule has 2 bridgehead atoms. The third-order valence-electron chi connectivity index (χ3n) is 16.1. The average molecular weight is 887 g/mol. The predicted octanol–water partition coefficient (Wildman–Crippen LogP) is 4.74. The number of carbonyl (C=O) groups is 4. The highest BCUT2D eigenvalue weighted by atomic mass is 32.2. The van der Waals surface area contributed by atoms with Crippen LogP contribution in [0.1, 0.15) is 64.1 Å². The minimum atomic E-state index is -2.23. The molecule has 2 aromatic rings. The molecule has 15 heteroatoms. The molecular formula is C48H62N4O10S. The molecule has 7 aliphatic rings. The van der Waals surface area contributed by atoms with E-state index in [4.69, 9.17) is 23.7 Å². The van der Waals surface area contributed by atoms with Gasteiger partial charge >= 0.3 is 23.9 Å². The third kappa shape index (κ3) is 6.40. The maximum atomic E-state index is 15.4. The predicted molar refractivity (Wildman–Crippen MR) is 235 cm³/mol. The number of likely N-dealkylation sites (tertiary alicyclic amines) is 1. The lowest BCUT2D eigenvalue weighted by molar-refractivity contribution is -0.238. The lowest BCUT2D eigenvalue weighted by atomic mass is 9.50. The Bertz CT molecular complexity index is 2310. The SMILES string of the molecule is CCC1=C[C@H]2CN(C1)Cc1c([nH]c3ccc(SCC(=O)OC)cc13)[C@@](C(=O)OC)(C1C=C3C(=CC1OC)N(C)[C@H]1[C@@](O)(C(=O)OC)[C@H](OC(C)=O)C4[C@@H](CC)CCN5CC[C@]31[C@H]45)C2. The fraction of sp³-hybridized carbons (Fsp3) is 0.625. The van der Waals surface area contributed by atoms with E-state index in [2.05, 4.69) is 52.9 Å². The molecule has 2 aliphatic carbocycles. The minimum Gasteiger partial charge on any atom is -0.468 e. The van der Waals surface area contributed by atoms with Gasteiger partial charge in [0.25, 0.3) is 0 Å². The first-order valence-corrected chi connectivity index (χ1v) is 23.5. The molecule has 0 amide bonds. The topological polar surface area (TPSA) is 160 Å². The number of aromatic nitrogens is 1. The summed E-state index contributed by atoms with van der Waals surface area (Å²) in [5, 5.41) is 14.3. The van der Waals surface area contributed by atoms with E-state index < -0.39 is 52.5 Å². The summed E-state index contributed by atoms with van der Waals surface area (Å²) < 4.78 is 29.1. The number of fused-ring (bicyclic) bond motifs is 6. The summed E-state index contributed by atoms with van der Waals surface area (Å²) in [6.07, 6.45) is 8.46. The molecule has 4 unspecified atom stereocenters. The van der Waals surface area contributed by atoms with E-state index in [0.717, 1.165) is 83.8 Å². The van der Waals surface area contributed by atoms with Crippen molar-refractivity contribution in [2.24, 2.45) is 29.1 Å². The number of benzene rings is 1. The third-order valence-corrected chi connectivity index (χ3v) is 17.1. The molecule has 1 spiro atoms. The Morgan fingerprint density at radius 1 is 0.984 bits per heavy atom. The number of rotatable bonds is 10. The summed E-state index contributed by atoms with van der Waals surface area (Å²) in [6.45, 7) is 9.36. The van der Waals surface area contributed by atoms with Crippen LogP contribution in [0.2, 0.25) is 0 Å². The zero-order chi connectivity index (χ0) is 44.7. The number of carbonyl (C=O) groups excluding carboxylic acids is 4. The molecule has 3 saturated heterocycles. The maximum absolute atomic E-state index is 15.4. The van der Waals surface area contributed by atoms with Crippen LogP contribution >= 0.6 is 11.8 Å². The fourth-order valence-corrected chi connectivity index (χ4v) is 14.6. The standard InChI is InChI=1S/C48H62N4O10S/c1-9-27-17-28-21-47(44(55)60-7,40-32(24-51(22-27)23-28)31-18-30(11-12-35(31)49-40)63-25-38(54)59-6)34-19-33-36(20-37(34)58-5)50(4)43-46(33)14-16-52-15-13-29(10-2)39(41(46)52)42(62-26(3)53)48(43,57)45(56)61-8/h11-12,17-20,28-29,34,37,39,41-43,49,57H,9-10,13-16,21-25H2,1-8H3/t28-,29+,34?,37?,39?,41+,42-,43-,46-,47+,48-/m1/s1. The van der Waals surface area contributed by atoms with Crippen molar-refractivity contribution in [2.75, 3.05) is 67.4 Å². The number of aromatic amines is 1. The van der Waals surface area contributed by atoms with E-state index in [-0.39, 0.29) is 41.5 Å². The van der Waals surface area contributed by atoms with Gasteiger partial charge in [-0.1, -0.05) is 38.0 Å². The Hall–Kier alpha value is -4.15. The number of likely N-dealkylation sites (N-methyl/N-ethyl adjacent to an activating group) is 1. The van der Waals surface area contributed by atoms with Gasteiger partial charge in [-0.05, 0) is 86.0 Å². The number of thioether (sulfide) groups is 1. The highest BCUT2D eigenvalue weighted by molar-refractivity contribution is 8.00. The van der Waals surface area contributed by atoms with Gasteiger partial charge < -0.3 is 38.7 Å². The van der Waals surface area contributed by atoms with Crippen molar-refractivity contribution in [3.05, 3.63) is 64.5 Å². The van der Waals surface area contributed by atoms with Crippen molar-refractivity contribution in [1.82, 2.24) is 19.7 Å². The van der Waals surface area contributed by atoms with Gasteiger partial charge in [0.05, 0.1) is 39.2 Å². The quantitative estimate of drug-likeness (QED) is 0.146. The molecule has 1 aromatic heterocycles. The van der Waals surface area contributed by atoms with Gasteiger partial charge in [-0.2, -0.15) is 0 Å². The van der Waals surface area contributed by atoms with Gasteiger partial charge in [-0.25, -0.2) is 4.79 Å². The Kier molecular flexibility index (Phi) is 11.5. The van der Waals surface area contributed by atoms with Crippen LogP contribution in [0, 0.1) is 29.1 Å². The Balaban J connectivity index is 1.30. The average Bonchev–Trinajstić information content (AvgIpc) is 3.93. The highest BCUT2D eigenvalue weighted by Gasteiger charge is 2.79. The van der Waals surface area contributed by atoms with Crippen molar-refractivity contribution < 1.29 is 48.0 Å². The number of allylic oxidation sites excluding steroid dienone is 1. The van der Waals surface area contributed by atoms with Gasteiger partial charge in [0.15, 0.2) is 0 Å². The van der Waals surface area contributed by atoms with Crippen LogP contribution in [-0.2, 0) is 54.8 Å². The van der Waals surface area contributed by atoms with Crippen molar-refractivity contribution in [3.8, 4) is 0 Å². The maximum Gasteiger partial charge on any atom is 0.344 e. The first-order chi connectivity index (χ1) is 30.2. The smallest absolute Gasteiger partial charge is 0.344 e. The molecule has 340 valence electrons. The Morgan fingerprint density at radius 3 is 2.44 bits per heavy atom. The summed E-state index contributed by atoms with van der Waals surface area (Å²) in [6, 6.07) is 5.07. The first kappa shape index (κ1) is 44.1. The Labute approximate surface area is 373 Å². The first-order valence-electron chi connectivity index (χ1n) is 22.5. The minimum absolute atomic E-state index is 0.00979. The number of esters is 4. The largest absolute Gasteiger partial charge is 0.468 e. The number of ether oxygens (including phenoxy) is 5. The molecule has 6 heterocycles. The van der Waals surface area contributed by atoms with E-state index in [0.29, 0.717) is 19.4 Å². The van der Waals surface area contributed by atoms with Crippen LogP contribution < -0.4 is 0 Å². The number of methoxy groups -OCH3 is 4. The van der Waals surface area contributed by atoms with E-state index in [9.17, 15) is 19.5 Å². The van der Waals surface area contributed by atoms with E-state index in [1.807, 2.05) is 24.1 Å². The van der Waals surface area contributed by atoms with Crippen molar-refractivity contribution in [2.45, 2.75) is 99.6 Å². The molecule has 0 radical (unpaired) electrons.